The van der Waals surface area contributed by atoms with E-state index in [9.17, 15) is 18.0 Å². The van der Waals surface area contributed by atoms with Crippen molar-refractivity contribution in [3.8, 4) is 11.5 Å². The summed E-state index contributed by atoms with van der Waals surface area (Å²) in [5.41, 5.74) is 0.936. The van der Waals surface area contributed by atoms with Gasteiger partial charge in [-0.2, -0.15) is 0 Å². The Morgan fingerprint density at radius 1 is 0.900 bits per heavy atom. The van der Waals surface area contributed by atoms with E-state index in [2.05, 4.69) is 5.32 Å². The molecule has 0 aliphatic carbocycles. The van der Waals surface area contributed by atoms with Crippen LogP contribution in [0.15, 0.2) is 83.8 Å². The number of amides is 2. The molecule has 0 fully saturated rings. The maximum Gasteiger partial charge on any atom is 0.264 e. The molecule has 0 unspecified atom stereocenters. The first kappa shape index (κ1) is 30.5. The third-order valence-corrected chi connectivity index (χ3v) is 8.40. The van der Waals surface area contributed by atoms with Gasteiger partial charge in [-0.15, -0.1) is 0 Å². The molecule has 10 heteroatoms. The highest BCUT2D eigenvalue weighted by molar-refractivity contribution is 7.92. The van der Waals surface area contributed by atoms with E-state index in [-0.39, 0.29) is 34.8 Å². The number of carbonyl (C=O) groups excluding carboxylic acids is 2. The molecule has 0 bridgehead atoms. The zero-order valence-electron chi connectivity index (χ0n) is 23.5. The number of methoxy groups -OCH3 is 2. The highest BCUT2D eigenvalue weighted by Crippen LogP contribution is 2.36. The lowest BCUT2D eigenvalue weighted by Gasteiger charge is -2.33. The van der Waals surface area contributed by atoms with Crippen LogP contribution >= 0.6 is 0 Å². The third kappa shape index (κ3) is 7.32. The van der Waals surface area contributed by atoms with Gasteiger partial charge in [-0.05, 0) is 50.1 Å². The summed E-state index contributed by atoms with van der Waals surface area (Å²) in [5.74, 6) is -0.251. The van der Waals surface area contributed by atoms with Gasteiger partial charge in [0.05, 0.1) is 24.8 Å². The standard InChI is InChI=1S/C30H37N3O6S/c1-6-22(2)31-30(35)23(3)32(20-24-13-9-7-10-14-24)29(34)21-33(40(36,37)26-15-11-8-12-16-26)27-19-25(38-4)17-18-28(27)39-5/h7-19,22-23H,6,20-21H2,1-5H3,(H,31,35)/t22-,23-/m1/s1. The van der Waals surface area contributed by atoms with Crippen molar-refractivity contribution in [3.63, 3.8) is 0 Å². The number of hydrogen-bond donors (Lipinski definition) is 1. The smallest absolute Gasteiger partial charge is 0.264 e. The average molecular weight is 568 g/mol. The molecule has 0 aliphatic heterocycles. The van der Waals surface area contributed by atoms with Crippen LogP contribution in [0.4, 0.5) is 5.69 Å². The van der Waals surface area contributed by atoms with Gasteiger partial charge in [-0.25, -0.2) is 8.42 Å². The Labute approximate surface area is 236 Å². The number of nitrogens with zero attached hydrogens (tertiary/aromatic N) is 2. The van der Waals surface area contributed by atoms with Crippen LogP contribution in [0, 0.1) is 0 Å². The topological polar surface area (TPSA) is 105 Å². The Morgan fingerprint density at radius 2 is 1.52 bits per heavy atom. The largest absolute Gasteiger partial charge is 0.497 e. The maximum atomic E-state index is 14.0. The van der Waals surface area contributed by atoms with Gasteiger partial charge in [0, 0.05) is 18.7 Å². The highest BCUT2D eigenvalue weighted by atomic mass is 32.2. The second kappa shape index (κ2) is 13.8. The molecule has 0 spiro atoms. The zero-order chi connectivity index (χ0) is 29.3. The van der Waals surface area contributed by atoms with Crippen molar-refractivity contribution in [2.24, 2.45) is 0 Å². The van der Waals surface area contributed by atoms with Crippen molar-refractivity contribution in [1.82, 2.24) is 10.2 Å². The van der Waals surface area contributed by atoms with Crippen molar-refractivity contribution < 1.29 is 27.5 Å². The summed E-state index contributed by atoms with van der Waals surface area (Å²) in [6, 6.07) is 20.9. The molecule has 9 nitrogen and oxygen atoms in total. The number of nitrogens with one attached hydrogen (secondary N) is 1. The molecule has 214 valence electrons. The maximum absolute atomic E-state index is 14.0. The normalized spacial score (nSPS) is 12.6. The number of sulfonamides is 1. The molecule has 0 saturated carbocycles. The quantitative estimate of drug-likeness (QED) is 0.332. The second-order valence-electron chi connectivity index (χ2n) is 9.36. The van der Waals surface area contributed by atoms with Crippen LogP contribution in [0.5, 0.6) is 11.5 Å². The van der Waals surface area contributed by atoms with Gasteiger partial charge in [0.25, 0.3) is 10.0 Å². The van der Waals surface area contributed by atoms with Crippen LogP contribution in [0.1, 0.15) is 32.8 Å². The van der Waals surface area contributed by atoms with E-state index in [1.165, 1.54) is 37.3 Å². The predicted molar refractivity (Wildman–Crippen MR) is 155 cm³/mol. The monoisotopic (exact) mass is 567 g/mol. The first-order chi connectivity index (χ1) is 19.1. The van der Waals surface area contributed by atoms with E-state index in [1.54, 1.807) is 37.3 Å². The summed E-state index contributed by atoms with van der Waals surface area (Å²) in [7, 11) is -1.35. The van der Waals surface area contributed by atoms with Gasteiger partial charge >= 0.3 is 0 Å². The molecule has 2 amide bonds. The molecule has 0 aromatic heterocycles. The minimum absolute atomic E-state index is 0.00449. The molecule has 3 aromatic carbocycles. The number of hydrogen-bond acceptors (Lipinski definition) is 6. The fourth-order valence-corrected chi connectivity index (χ4v) is 5.49. The van der Waals surface area contributed by atoms with Crippen molar-refractivity contribution >= 4 is 27.5 Å². The first-order valence-corrected chi connectivity index (χ1v) is 14.5. The highest BCUT2D eigenvalue weighted by Gasteiger charge is 2.34. The molecule has 0 saturated heterocycles. The molecule has 0 heterocycles. The van der Waals surface area contributed by atoms with E-state index < -0.39 is 28.5 Å². The third-order valence-electron chi connectivity index (χ3n) is 6.63. The molecule has 3 rings (SSSR count). The van der Waals surface area contributed by atoms with Gasteiger partial charge in [0.15, 0.2) is 0 Å². The number of carbonyl (C=O) groups is 2. The Balaban J connectivity index is 2.09. The van der Waals surface area contributed by atoms with Crippen LogP contribution in [0.2, 0.25) is 0 Å². The molecular weight excluding hydrogens is 530 g/mol. The molecule has 40 heavy (non-hydrogen) atoms. The average Bonchev–Trinajstić information content (AvgIpc) is 2.98. The van der Waals surface area contributed by atoms with Crippen LogP contribution < -0.4 is 19.1 Å². The molecule has 3 aromatic rings. The minimum Gasteiger partial charge on any atom is -0.497 e. The number of benzene rings is 3. The van der Waals surface area contributed by atoms with Crippen LogP contribution in [-0.2, 0) is 26.2 Å². The van der Waals surface area contributed by atoms with E-state index in [1.807, 2.05) is 44.2 Å². The lowest BCUT2D eigenvalue weighted by molar-refractivity contribution is -0.139. The molecule has 1 N–H and O–H groups in total. The second-order valence-corrected chi connectivity index (χ2v) is 11.2. The summed E-state index contributed by atoms with van der Waals surface area (Å²) in [4.78, 5) is 28.6. The van der Waals surface area contributed by atoms with Crippen LogP contribution in [0.25, 0.3) is 0 Å². The summed E-state index contributed by atoms with van der Waals surface area (Å²) in [5, 5.41) is 2.92. The van der Waals surface area contributed by atoms with Gasteiger partial charge in [-0.3, -0.25) is 13.9 Å². The Hall–Kier alpha value is -4.05. The van der Waals surface area contributed by atoms with Crippen molar-refractivity contribution in [3.05, 3.63) is 84.4 Å². The summed E-state index contributed by atoms with van der Waals surface area (Å²) < 4.78 is 39.8. The lowest BCUT2D eigenvalue weighted by atomic mass is 10.1. The van der Waals surface area contributed by atoms with E-state index >= 15 is 0 Å². The van der Waals surface area contributed by atoms with Gasteiger partial charge in [0.2, 0.25) is 11.8 Å². The lowest BCUT2D eigenvalue weighted by Crippen LogP contribution is -2.52. The summed E-state index contributed by atoms with van der Waals surface area (Å²) >= 11 is 0. The van der Waals surface area contributed by atoms with Crippen molar-refractivity contribution in [2.45, 2.75) is 50.7 Å². The van der Waals surface area contributed by atoms with E-state index in [4.69, 9.17) is 9.47 Å². The van der Waals surface area contributed by atoms with Crippen molar-refractivity contribution in [2.75, 3.05) is 25.1 Å². The number of ether oxygens (including phenoxy) is 2. The van der Waals surface area contributed by atoms with Gasteiger partial charge < -0.3 is 19.7 Å². The van der Waals surface area contributed by atoms with Crippen LogP contribution in [-0.4, -0.2) is 58.0 Å². The van der Waals surface area contributed by atoms with Crippen LogP contribution in [0.3, 0.4) is 0 Å². The van der Waals surface area contributed by atoms with E-state index in [0.717, 1.165) is 16.3 Å². The fraction of sp³-hybridized carbons (Fsp3) is 0.333. The fourth-order valence-electron chi connectivity index (χ4n) is 4.05. The predicted octanol–water partition coefficient (Wildman–Crippen LogP) is 4.23. The summed E-state index contributed by atoms with van der Waals surface area (Å²) in [6.07, 6.45) is 0.726. The number of anilines is 1. The van der Waals surface area contributed by atoms with Gasteiger partial charge in [0.1, 0.15) is 24.1 Å². The van der Waals surface area contributed by atoms with E-state index in [0.29, 0.717) is 5.75 Å². The number of rotatable bonds is 13. The van der Waals surface area contributed by atoms with Gasteiger partial charge in [-0.1, -0.05) is 55.5 Å². The molecule has 2 atom stereocenters. The minimum atomic E-state index is -4.23. The molecule has 0 aliphatic rings. The molecular formula is C30H37N3O6S. The summed E-state index contributed by atoms with van der Waals surface area (Å²) in [6.45, 7) is 5.02. The SMILES string of the molecule is CC[C@@H](C)NC(=O)[C@@H](C)N(Cc1ccccc1)C(=O)CN(c1cc(OC)ccc1OC)S(=O)(=O)c1ccccc1. The zero-order valence-corrected chi connectivity index (χ0v) is 24.4. The Kier molecular flexibility index (Phi) is 10.6. The first-order valence-electron chi connectivity index (χ1n) is 13.1. The Morgan fingerprint density at radius 3 is 2.10 bits per heavy atom. The Bertz CT molecular complexity index is 1380. The molecule has 0 radical (unpaired) electrons. The van der Waals surface area contributed by atoms with Crippen molar-refractivity contribution in [1.29, 1.82) is 0 Å².